The fourth-order valence-electron chi connectivity index (χ4n) is 6.34. The second kappa shape index (κ2) is 11.0. The first kappa shape index (κ1) is 26.1. The Hall–Kier alpha value is -1.95. The molecule has 35 heavy (non-hydrogen) atoms. The summed E-state index contributed by atoms with van der Waals surface area (Å²) in [5, 5.41) is 0. The maximum absolute atomic E-state index is 13.9. The second-order valence-corrected chi connectivity index (χ2v) is 11.7. The van der Waals surface area contributed by atoms with Gasteiger partial charge in [0.25, 0.3) is 0 Å². The molecule has 1 aliphatic heterocycles. The molecule has 1 aromatic rings. The predicted octanol–water partition coefficient (Wildman–Crippen LogP) is 5.24. The van der Waals surface area contributed by atoms with E-state index in [0.717, 1.165) is 87.0 Å². The number of Topliss-reactive ketones (excluding diaryl/α,β-unsaturated/α-hetero) is 1. The van der Waals surface area contributed by atoms with E-state index in [1.165, 1.54) is 12.8 Å². The third-order valence-corrected chi connectivity index (χ3v) is 8.57. The number of fused-ring (bicyclic) bond motifs is 4. The number of carbonyl (C=O) groups excluding carboxylic acids is 3. The van der Waals surface area contributed by atoms with Gasteiger partial charge in [0.05, 0.1) is 6.61 Å². The third-order valence-electron chi connectivity index (χ3n) is 8.57. The Bertz CT molecular complexity index is 960. The van der Waals surface area contributed by atoms with Crippen LogP contribution in [-0.4, -0.2) is 53.9 Å². The Kier molecular flexibility index (Phi) is 8.19. The minimum absolute atomic E-state index is 0.0479. The Labute approximate surface area is 210 Å². The average molecular weight is 485 g/mol. The van der Waals surface area contributed by atoms with E-state index in [4.69, 9.17) is 4.74 Å². The number of hydrogen-bond acceptors (Lipinski definition) is 5. The van der Waals surface area contributed by atoms with E-state index < -0.39 is 5.41 Å². The number of hydrogen-bond donors (Lipinski definition) is 0. The summed E-state index contributed by atoms with van der Waals surface area (Å²) < 4.78 is 7.43. The molecule has 0 aromatic carbocycles. The van der Waals surface area contributed by atoms with Crippen LogP contribution < -0.4 is 0 Å². The minimum Gasteiger partial charge on any atom is -0.466 e. The maximum Gasteiger partial charge on any atom is 0.305 e. The van der Waals surface area contributed by atoms with Crippen molar-refractivity contribution in [3.8, 4) is 0 Å². The fourth-order valence-corrected chi connectivity index (χ4v) is 6.34. The van der Waals surface area contributed by atoms with Crippen molar-refractivity contribution in [2.24, 2.45) is 17.3 Å². The van der Waals surface area contributed by atoms with Crippen LogP contribution in [0.25, 0.3) is 0 Å². The molecule has 4 rings (SSSR count). The van der Waals surface area contributed by atoms with Crippen LogP contribution in [0.15, 0.2) is 0 Å². The number of ketones is 1. The molecule has 0 bridgehead atoms. The number of piperidine rings is 1. The number of esters is 1. The first-order valence-corrected chi connectivity index (χ1v) is 13.9. The normalized spacial score (nSPS) is 22.0. The van der Waals surface area contributed by atoms with Crippen LogP contribution >= 0.6 is 0 Å². The molecule has 0 spiro atoms. The highest BCUT2D eigenvalue weighted by Crippen LogP contribution is 2.43. The van der Waals surface area contributed by atoms with Crippen LogP contribution in [0.1, 0.15) is 111 Å². The number of aromatic nitrogens is 1. The van der Waals surface area contributed by atoms with E-state index in [9.17, 15) is 14.4 Å². The summed E-state index contributed by atoms with van der Waals surface area (Å²) in [6, 6.07) is 0. The molecule has 6 heteroatoms. The lowest BCUT2D eigenvalue weighted by Crippen LogP contribution is -2.46. The molecule has 6 nitrogen and oxygen atoms in total. The molecular weight excluding hydrogens is 440 g/mol. The second-order valence-electron chi connectivity index (χ2n) is 11.7. The summed E-state index contributed by atoms with van der Waals surface area (Å²) in [6.07, 6.45) is 11.0. The van der Waals surface area contributed by atoms with E-state index in [0.29, 0.717) is 18.8 Å². The molecule has 0 amide bonds. The number of nitrogens with zero attached hydrogens (tertiary/aromatic N) is 2. The summed E-state index contributed by atoms with van der Waals surface area (Å²) >= 11 is 0. The molecule has 0 radical (unpaired) electrons. The van der Waals surface area contributed by atoms with Gasteiger partial charge < -0.3 is 9.64 Å². The molecule has 1 aromatic heterocycles. The van der Waals surface area contributed by atoms with Crippen molar-refractivity contribution in [2.45, 2.75) is 97.8 Å². The highest BCUT2D eigenvalue weighted by molar-refractivity contribution is 6.04. The standard InChI is InChI=1S/C29H44N2O4/c1-5-6-7-8-9-13-25(32)35-17-15-29(2,3)28(34)31-23-12-10-11-21(23)26-24(31)18-20-14-16-30(4)19-22(20)27(26)33/h20,22H,5-19H2,1-4H3/t20-,22+/m0/s1. The minimum atomic E-state index is -0.669. The Morgan fingerprint density at radius 2 is 1.86 bits per heavy atom. The molecule has 0 saturated carbocycles. The van der Waals surface area contributed by atoms with Crippen molar-refractivity contribution in [3.63, 3.8) is 0 Å². The van der Waals surface area contributed by atoms with Gasteiger partial charge in [-0.25, -0.2) is 0 Å². The number of likely N-dealkylation sites (tertiary alicyclic amines) is 1. The SMILES string of the molecule is CCCCCCCC(=O)OCCC(C)(C)C(=O)n1c2c(c3c1C[C@@H]1CCN(C)C[C@H]1C3=O)CCC2. The summed E-state index contributed by atoms with van der Waals surface area (Å²) in [4.78, 5) is 42.0. The van der Waals surface area contributed by atoms with Gasteiger partial charge in [0.15, 0.2) is 5.78 Å². The van der Waals surface area contributed by atoms with Crippen molar-refractivity contribution in [2.75, 3.05) is 26.7 Å². The van der Waals surface area contributed by atoms with Crippen molar-refractivity contribution in [3.05, 3.63) is 22.5 Å². The highest BCUT2D eigenvalue weighted by atomic mass is 16.5. The summed E-state index contributed by atoms with van der Waals surface area (Å²) in [7, 11) is 2.10. The van der Waals surface area contributed by atoms with Crippen molar-refractivity contribution >= 4 is 17.7 Å². The quantitative estimate of drug-likeness (QED) is 0.335. The van der Waals surface area contributed by atoms with Crippen molar-refractivity contribution in [1.82, 2.24) is 9.47 Å². The van der Waals surface area contributed by atoms with E-state index in [1.54, 1.807) is 0 Å². The smallest absolute Gasteiger partial charge is 0.305 e. The van der Waals surface area contributed by atoms with Crippen LogP contribution in [0, 0.1) is 17.3 Å². The maximum atomic E-state index is 13.9. The van der Waals surface area contributed by atoms with Gasteiger partial charge >= 0.3 is 5.97 Å². The predicted molar refractivity (Wildman–Crippen MR) is 137 cm³/mol. The Balaban J connectivity index is 1.44. The molecular formula is C29H44N2O4. The van der Waals surface area contributed by atoms with Crippen LogP contribution in [0.4, 0.5) is 0 Å². The lowest BCUT2D eigenvalue weighted by Gasteiger charge is -2.39. The lowest BCUT2D eigenvalue weighted by molar-refractivity contribution is -0.144. The lowest BCUT2D eigenvalue weighted by atomic mass is 9.72. The van der Waals surface area contributed by atoms with Crippen LogP contribution in [0.2, 0.25) is 0 Å². The van der Waals surface area contributed by atoms with E-state index >= 15 is 0 Å². The molecule has 1 saturated heterocycles. The average Bonchev–Trinajstić information content (AvgIpc) is 3.39. The molecule has 2 aliphatic carbocycles. The van der Waals surface area contributed by atoms with Crippen LogP contribution in [0.3, 0.4) is 0 Å². The molecule has 0 N–H and O–H groups in total. The number of unbranched alkanes of at least 4 members (excludes halogenated alkanes) is 4. The van der Waals surface area contributed by atoms with Gasteiger partial charge in [-0.15, -0.1) is 0 Å². The molecule has 3 aliphatic rings. The van der Waals surface area contributed by atoms with Crippen molar-refractivity contribution in [1.29, 1.82) is 0 Å². The topological polar surface area (TPSA) is 68.6 Å². The zero-order chi connectivity index (χ0) is 25.2. The molecule has 0 unspecified atom stereocenters. The van der Waals surface area contributed by atoms with Gasteiger partial charge in [-0.3, -0.25) is 19.0 Å². The van der Waals surface area contributed by atoms with E-state index in [2.05, 4.69) is 18.9 Å². The van der Waals surface area contributed by atoms with Gasteiger partial charge in [-0.2, -0.15) is 0 Å². The highest BCUT2D eigenvalue weighted by Gasteiger charge is 2.45. The number of ether oxygens (including phenoxy) is 1. The van der Waals surface area contributed by atoms with Gasteiger partial charge in [-0.1, -0.05) is 46.5 Å². The fraction of sp³-hybridized carbons (Fsp3) is 0.759. The van der Waals surface area contributed by atoms with Gasteiger partial charge in [-0.05, 0) is 70.0 Å². The molecule has 2 atom stereocenters. The summed E-state index contributed by atoms with van der Waals surface area (Å²) in [6.45, 7) is 8.17. The van der Waals surface area contributed by atoms with Crippen LogP contribution in [-0.2, 0) is 28.8 Å². The largest absolute Gasteiger partial charge is 0.466 e. The van der Waals surface area contributed by atoms with Crippen LogP contribution in [0.5, 0.6) is 0 Å². The first-order chi connectivity index (χ1) is 16.7. The van der Waals surface area contributed by atoms with E-state index in [-0.39, 0.29) is 30.2 Å². The third kappa shape index (κ3) is 5.42. The zero-order valence-corrected chi connectivity index (χ0v) is 22.3. The monoisotopic (exact) mass is 484 g/mol. The molecule has 1 fully saturated rings. The first-order valence-electron chi connectivity index (χ1n) is 13.9. The molecule has 2 heterocycles. The van der Waals surface area contributed by atoms with Gasteiger partial charge in [0.2, 0.25) is 5.91 Å². The van der Waals surface area contributed by atoms with E-state index in [1.807, 2.05) is 18.4 Å². The van der Waals surface area contributed by atoms with Gasteiger partial charge in [0, 0.05) is 41.2 Å². The van der Waals surface area contributed by atoms with Gasteiger partial charge in [0.1, 0.15) is 0 Å². The number of carbonyl (C=O) groups is 3. The summed E-state index contributed by atoms with van der Waals surface area (Å²) in [5.41, 5.74) is 3.37. The van der Waals surface area contributed by atoms with Crippen molar-refractivity contribution < 1.29 is 19.1 Å². The zero-order valence-electron chi connectivity index (χ0n) is 22.3. The summed E-state index contributed by atoms with van der Waals surface area (Å²) in [5.74, 6) is 0.535. The number of rotatable bonds is 10. The Morgan fingerprint density at radius 3 is 2.63 bits per heavy atom. The Morgan fingerprint density at radius 1 is 1.09 bits per heavy atom. The molecule has 194 valence electrons.